The molecule has 0 spiro atoms. The van der Waals surface area contributed by atoms with Crippen LogP contribution in [0.15, 0.2) is 42.5 Å². The number of benzene rings is 2. The number of carbonyl (C=O) groups excluding carboxylic acids is 1. The number of nitrogens with two attached hydrogens (primary N) is 1. The highest BCUT2D eigenvalue weighted by molar-refractivity contribution is 6.01. The van der Waals surface area contributed by atoms with E-state index in [1.54, 1.807) is 24.3 Å². The predicted molar refractivity (Wildman–Crippen MR) is 76.3 cm³/mol. The van der Waals surface area contributed by atoms with E-state index in [0.29, 0.717) is 17.1 Å². The van der Waals surface area contributed by atoms with Gasteiger partial charge in [-0.3, -0.25) is 0 Å². The van der Waals surface area contributed by atoms with Crippen molar-refractivity contribution in [3.05, 3.63) is 48.0 Å². The van der Waals surface area contributed by atoms with E-state index in [-0.39, 0.29) is 5.75 Å². The van der Waals surface area contributed by atoms with Gasteiger partial charge >= 0.3 is 6.03 Å². The first kappa shape index (κ1) is 12.8. The van der Waals surface area contributed by atoms with E-state index < -0.39 is 6.03 Å². The normalized spacial score (nSPS) is 9.95. The zero-order chi connectivity index (χ0) is 13.8. The molecule has 0 radical (unpaired) electrons. The van der Waals surface area contributed by atoms with Crippen molar-refractivity contribution in [1.82, 2.24) is 0 Å². The number of aryl methyl sites for hydroxylation is 1. The molecule has 0 heterocycles. The fraction of sp³-hybridized carbons (Fsp3) is 0.0714. The Labute approximate surface area is 111 Å². The maximum atomic E-state index is 11.8. The third-order valence-electron chi connectivity index (χ3n) is 2.56. The molecule has 0 aliphatic rings. The van der Waals surface area contributed by atoms with Gasteiger partial charge in [0.25, 0.3) is 0 Å². The van der Waals surface area contributed by atoms with Crippen LogP contribution in [0.1, 0.15) is 5.56 Å². The van der Waals surface area contributed by atoms with Crippen molar-refractivity contribution in [2.24, 2.45) is 0 Å². The predicted octanol–water partition coefficient (Wildman–Crippen LogP) is 2.93. The molecular formula is C14H15N3O2. The monoisotopic (exact) mass is 257 g/mol. The van der Waals surface area contributed by atoms with Crippen molar-refractivity contribution in [1.29, 1.82) is 0 Å². The van der Waals surface area contributed by atoms with Crippen LogP contribution in [-0.2, 0) is 0 Å². The second-order valence-electron chi connectivity index (χ2n) is 4.22. The summed E-state index contributed by atoms with van der Waals surface area (Å²) in [6.07, 6.45) is 0. The number of nitrogens with one attached hydrogen (secondary N) is 2. The van der Waals surface area contributed by atoms with Gasteiger partial charge in [0.1, 0.15) is 5.75 Å². The standard InChI is InChI=1S/C14H15N3O2/c1-9-5-6-13(12(15)7-9)17-14(19)16-10-3-2-4-11(18)8-10/h2-8,18H,15H2,1H3,(H2,16,17,19). The van der Waals surface area contributed by atoms with E-state index in [4.69, 9.17) is 5.73 Å². The van der Waals surface area contributed by atoms with Gasteiger partial charge in [-0.2, -0.15) is 0 Å². The number of amides is 2. The Morgan fingerprint density at radius 1 is 1.16 bits per heavy atom. The van der Waals surface area contributed by atoms with Crippen LogP contribution in [0.4, 0.5) is 21.9 Å². The fourth-order valence-electron chi connectivity index (χ4n) is 1.66. The zero-order valence-electron chi connectivity index (χ0n) is 10.5. The lowest BCUT2D eigenvalue weighted by Crippen LogP contribution is -2.20. The molecule has 0 bridgehead atoms. The van der Waals surface area contributed by atoms with Gasteiger partial charge in [-0.05, 0) is 36.8 Å². The van der Waals surface area contributed by atoms with Gasteiger partial charge < -0.3 is 21.5 Å². The number of phenolic OH excluding ortho intramolecular Hbond substituents is 1. The molecule has 2 aromatic carbocycles. The molecule has 0 aliphatic heterocycles. The molecule has 5 heteroatoms. The van der Waals surface area contributed by atoms with Crippen molar-refractivity contribution in [3.8, 4) is 5.75 Å². The Bertz CT molecular complexity index is 611. The molecule has 0 saturated carbocycles. The molecule has 5 N–H and O–H groups in total. The first-order valence-electron chi connectivity index (χ1n) is 5.78. The Morgan fingerprint density at radius 2 is 1.95 bits per heavy atom. The van der Waals surface area contributed by atoms with Crippen LogP contribution < -0.4 is 16.4 Å². The van der Waals surface area contributed by atoms with Crippen molar-refractivity contribution in [3.63, 3.8) is 0 Å². The molecule has 2 rings (SSSR count). The second-order valence-corrected chi connectivity index (χ2v) is 4.22. The maximum absolute atomic E-state index is 11.8. The molecule has 0 unspecified atom stereocenters. The second kappa shape index (κ2) is 5.30. The Kier molecular flexibility index (Phi) is 3.56. The minimum absolute atomic E-state index is 0.0904. The van der Waals surface area contributed by atoms with Gasteiger partial charge in [0.2, 0.25) is 0 Å². The third-order valence-corrected chi connectivity index (χ3v) is 2.56. The first-order valence-corrected chi connectivity index (χ1v) is 5.78. The molecule has 0 fully saturated rings. The van der Waals surface area contributed by atoms with Crippen LogP contribution in [0.2, 0.25) is 0 Å². The van der Waals surface area contributed by atoms with E-state index in [0.717, 1.165) is 5.56 Å². The number of nitrogen functional groups attached to an aromatic ring is 1. The van der Waals surface area contributed by atoms with Crippen LogP contribution in [0.3, 0.4) is 0 Å². The number of carbonyl (C=O) groups is 1. The van der Waals surface area contributed by atoms with Crippen LogP contribution >= 0.6 is 0 Å². The molecule has 2 amide bonds. The number of anilines is 3. The summed E-state index contributed by atoms with van der Waals surface area (Å²) in [4.78, 5) is 11.8. The zero-order valence-corrected chi connectivity index (χ0v) is 10.5. The number of hydrogen-bond donors (Lipinski definition) is 4. The molecule has 98 valence electrons. The molecule has 0 aromatic heterocycles. The summed E-state index contributed by atoms with van der Waals surface area (Å²) < 4.78 is 0. The number of rotatable bonds is 2. The van der Waals surface area contributed by atoms with Crippen LogP contribution in [0, 0.1) is 6.92 Å². The summed E-state index contributed by atoms with van der Waals surface area (Å²) in [6, 6.07) is 11.3. The van der Waals surface area contributed by atoms with Crippen molar-refractivity contribution in [2.75, 3.05) is 16.4 Å². The van der Waals surface area contributed by atoms with Crippen molar-refractivity contribution in [2.45, 2.75) is 6.92 Å². The highest BCUT2D eigenvalue weighted by atomic mass is 16.3. The summed E-state index contributed by atoms with van der Waals surface area (Å²) in [5.74, 6) is 0.0904. The summed E-state index contributed by atoms with van der Waals surface area (Å²) in [7, 11) is 0. The summed E-state index contributed by atoms with van der Waals surface area (Å²) in [5.41, 5.74) is 8.38. The smallest absolute Gasteiger partial charge is 0.323 e. The van der Waals surface area contributed by atoms with Crippen molar-refractivity contribution < 1.29 is 9.90 Å². The maximum Gasteiger partial charge on any atom is 0.323 e. The fourth-order valence-corrected chi connectivity index (χ4v) is 1.66. The average Bonchev–Trinajstić information content (AvgIpc) is 2.33. The minimum Gasteiger partial charge on any atom is -0.508 e. The summed E-state index contributed by atoms with van der Waals surface area (Å²) in [5, 5.41) is 14.6. The third kappa shape index (κ3) is 3.38. The van der Waals surface area contributed by atoms with E-state index in [9.17, 15) is 9.90 Å². The SMILES string of the molecule is Cc1ccc(NC(=O)Nc2cccc(O)c2)c(N)c1. The van der Waals surface area contributed by atoms with Gasteiger partial charge in [0, 0.05) is 11.8 Å². The summed E-state index contributed by atoms with van der Waals surface area (Å²) in [6.45, 7) is 1.92. The molecular weight excluding hydrogens is 242 g/mol. The number of phenols is 1. The molecule has 0 saturated heterocycles. The van der Waals surface area contributed by atoms with Crippen molar-refractivity contribution >= 4 is 23.1 Å². The average molecular weight is 257 g/mol. The highest BCUT2D eigenvalue weighted by Gasteiger charge is 2.05. The minimum atomic E-state index is -0.416. The van der Waals surface area contributed by atoms with E-state index >= 15 is 0 Å². The van der Waals surface area contributed by atoms with Gasteiger partial charge in [-0.15, -0.1) is 0 Å². The molecule has 2 aromatic rings. The quantitative estimate of drug-likeness (QED) is 0.624. The lowest BCUT2D eigenvalue weighted by Gasteiger charge is -2.10. The van der Waals surface area contributed by atoms with E-state index in [1.807, 2.05) is 13.0 Å². The van der Waals surface area contributed by atoms with Gasteiger partial charge in [0.05, 0.1) is 11.4 Å². The van der Waals surface area contributed by atoms with Gasteiger partial charge in [0.15, 0.2) is 0 Å². The number of aromatic hydroxyl groups is 1. The Hall–Kier alpha value is -2.69. The van der Waals surface area contributed by atoms with E-state index in [2.05, 4.69) is 10.6 Å². The lowest BCUT2D eigenvalue weighted by atomic mass is 10.2. The number of hydrogen-bond acceptors (Lipinski definition) is 3. The molecule has 19 heavy (non-hydrogen) atoms. The largest absolute Gasteiger partial charge is 0.508 e. The summed E-state index contributed by atoms with van der Waals surface area (Å²) >= 11 is 0. The first-order chi connectivity index (χ1) is 9.04. The molecule has 0 atom stereocenters. The van der Waals surface area contributed by atoms with E-state index in [1.165, 1.54) is 12.1 Å². The Balaban J connectivity index is 2.05. The van der Waals surface area contributed by atoms with Crippen LogP contribution in [0.5, 0.6) is 5.75 Å². The molecule has 5 nitrogen and oxygen atoms in total. The van der Waals surface area contributed by atoms with Crippen LogP contribution in [-0.4, -0.2) is 11.1 Å². The Morgan fingerprint density at radius 3 is 2.63 bits per heavy atom. The highest BCUT2D eigenvalue weighted by Crippen LogP contribution is 2.20. The number of urea groups is 1. The van der Waals surface area contributed by atoms with Crippen LogP contribution in [0.25, 0.3) is 0 Å². The molecule has 0 aliphatic carbocycles. The van der Waals surface area contributed by atoms with Gasteiger partial charge in [-0.25, -0.2) is 4.79 Å². The van der Waals surface area contributed by atoms with Gasteiger partial charge in [-0.1, -0.05) is 12.1 Å². The topological polar surface area (TPSA) is 87.4 Å². The lowest BCUT2D eigenvalue weighted by molar-refractivity contribution is 0.262.